The zero-order chi connectivity index (χ0) is 23.4. The van der Waals surface area contributed by atoms with Crippen LogP contribution in [-0.4, -0.2) is 64.1 Å². The number of aromatic nitrogens is 3. The van der Waals surface area contributed by atoms with Crippen molar-refractivity contribution in [1.82, 2.24) is 19.9 Å². The molecule has 1 amide bonds. The van der Waals surface area contributed by atoms with Gasteiger partial charge in [0.1, 0.15) is 5.71 Å². The van der Waals surface area contributed by atoms with E-state index < -0.39 is 31.5 Å². The number of nitrogens with one attached hydrogen (secondary N) is 1. The summed E-state index contributed by atoms with van der Waals surface area (Å²) in [6.07, 6.45) is 4.67. The van der Waals surface area contributed by atoms with Crippen LogP contribution in [0, 0.1) is 6.92 Å². The average molecular weight is 452 g/mol. The van der Waals surface area contributed by atoms with Gasteiger partial charge in [0.05, 0.1) is 19.3 Å². The second-order valence-electron chi connectivity index (χ2n) is 7.55. The number of halogens is 2. The highest BCUT2D eigenvalue weighted by atomic mass is 19.3. The van der Waals surface area contributed by atoms with Gasteiger partial charge in [0.25, 0.3) is 11.8 Å². The molecular weight excluding hydrogens is 430 g/mol. The zero-order valence-corrected chi connectivity index (χ0v) is 18.1. The van der Waals surface area contributed by atoms with Crippen LogP contribution in [0.4, 0.5) is 20.3 Å². The number of amides is 1. The van der Waals surface area contributed by atoms with E-state index in [0.29, 0.717) is 23.0 Å². The van der Waals surface area contributed by atoms with Gasteiger partial charge in [-0.15, -0.1) is 0 Å². The van der Waals surface area contributed by atoms with Gasteiger partial charge in [-0.25, -0.2) is 18.7 Å². The topological polar surface area (TPSA) is 92.6 Å². The number of benzene rings is 1. The number of hydrogen-bond acceptors (Lipinski definition) is 7. The highest BCUT2D eigenvalue weighted by Gasteiger charge is 2.46. The molecule has 4 rings (SSSR count). The minimum atomic E-state index is -2.83. The number of anilines is 2. The molecule has 1 saturated heterocycles. The van der Waals surface area contributed by atoms with Crippen molar-refractivity contribution in [3.63, 3.8) is 0 Å². The molecule has 8 nitrogen and oxygen atoms in total. The van der Waals surface area contributed by atoms with Crippen molar-refractivity contribution in [2.45, 2.75) is 12.8 Å². The SMILES string of the molecule is CN=C(c1ncc(OCC(=O)N2CC(F)(F)C2)c(Nc2ccncc2)n1)c1ccccc1C. The van der Waals surface area contributed by atoms with Crippen molar-refractivity contribution in [1.29, 1.82) is 0 Å². The number of likely N-dealkylation sites (tertiary alicyclic amines) is 1. The predicted octanol–water partition coefficient (Wildman–Crippen LogP) is 3.25. The molecule has 1 aliphatic heterocycles. The molecule has 0 saturated carbocycles. The van der Waals surface area contributed by atoms with E-state index in [1.807, 2.05) is 31.2 Å². The summed E-state index contributed by atoms with van der Waals surface area (Å²) in [6.45, 7) is 0.369. The summed E-state index contributed by atoms with van der Waals surface area (Å²) in [5.41, 5.74) is 3.19. The van der Waals surface area contributed by atoms with Gasteiger partial charge in [0, 0.05) is 30.7 Å². The fourth-order valence-electron chi connectivity index (χ4n) is 3.35. The molecule has 2 aromatic heterocycles. The van der Waals surface area contributed by atoms with Gasteiger partial charge in [0.2, 0.25) is 0 Å². The maximum absolute atomic E-state index is 13.1. The molecule has 33 heavy (non-hydrogen) atoms. The number of hydrogen-bond donors (Lipinski definition) is 1. The van der Waals surface area contributed by atoms with Gasteiger partial charge in [-0.1, -0.05) is 24.3 Å². The number of carbonyl (C=O) groups excluding carboxylic acids is 1. The maximum atomic E-state index is 13.1. The largest absolute Gasteiger partial charge is 0.478 e. The molecule has 0 aliphatic carbocycles. The highest BCUT2D eigenvalue weighted by molar-refractivity contribution is 6.11. The van der Waals surface area contributed by atoms with E-state index in [-0.39, 0.29) is 5.75 Å². The Hall–Kier alpha value is -3.95. The predicted molar refractivity (Wildman–Crippen MR) is 119 cm³/mol. The van der Waals surface area contributed by atoms with Crippen LogP contribution in [0.15, 0.2) is 60.0 Å². The summed E-state index contributed by atoms with van der Waals surface area (Å²) in [4.78, 5) is 30.6. The maximum Gasteiger partial charge on any atom is 0.282 e. The normalized spacial score (nSPS) is 15.0. The minimum Gasteiger partial charge on any atom is -0.478 e. The first kappa shape index (κ1) is 22.3. The first-order valence-electron chi connectivity index (χ1n) is 10.2. The Labute approximate surface area is 189 Å². The molecule has 1 N–H and O–H groups in total. The van der Waals surface area contributed by atoms with E-state index >= 15 is 0 Å². The summed E-state index contributed by atoms with van der Waals surface area (Å²) in [5.74, 6) is -2.49. The molecule has 1 fully saturated rings. The lowest BCUT2D eigenvalue weighted by molar-refractivity contribution is -0.167. The van der Waals surface area contributed by atoms with Gasteiger partial charge < -0.3 is 15.0 Å². The van der Waals surface area contributed by atoms with E-state index in [2.05, 4.69) is 25.3 Å². The third kappa shape index (κ3) is 5.11. The van der Waals surface area contributed by atoms with E-state index in [0.717, 1.165) is 16.0 Å². The van der Waals surface area contributed by atoms with Crippen LogP contribution in [0.3, 0.4) is 0 Å². The van der Waals surface area contributed by atoms with Crippen LogP contribution < -0.4 is 10.1 Å². The quantitative estimate of drug-likeness (QED) is 0.554. The van der Waals surface area contributed by atoms with Crippen LogP contribution in [-0.2, 0) is 4.79 Å². The monoisotopic (exact) mass is 452 g/mol. The van der Waals surface area contributed by atoms with Crippen molar-refractivity contribution in [2.75, 3.05) is 32.1 Å². The Morgan fingerprint density at radius 1 is 1.21 bits per heavy atom. The summed E-state index contributed by atoms with van der Waals surface area (Å²) in [7, 11) is 1.66. The summed E-state index contributed by atoms with van der Waals surface area (Å²) < 4.78 is 31.7. The molecule has 10 heteroatoms. The number of aryl methyl sites for hydroxylation is 1. The Kier molecular flexibility index (Phi) is 6.25. The molecule has 3 aromatic rings. The van der Waals surface area contributed by atoms with Crippen molar-refractivity contribution < 1.29 is 18.3 Å². The number of nitrogens with zero attached hydrogens (tertiary/aromatic N) is 5. The van der Waals surface area contributed by atoms with Crippen LogP contribution in [0.2, 0.25) is 0 Å². The molecule has 0 bridgehead atoms. The number of carbonyl (C=O) groups is 1. The number of aliphatic imine (C=N–C) groups is 1. The zero-order valence-electron chi connectivity index (χ0n) is 18.1. The highest BCUT2D eigenvalue weighted by Crippen LogP contribution is 2.28. The first-order valence-corrected chi connectivity index (χ1v) is 10.2. The molecule has 0 radical (unpaired) electrons. The Bertz CT molecular complexity index is 1180. The third-order valence-corrected chi connectivity index (χ3v) is 5.08. The van der Waals surface area contributed by atoms with E-state index in [9.17, 15) is 13.6 Å². The molecule has 0 atom stereocenters. The first-order chi connectivity index (χ1) is 15.9. The lowest BCUT2D eigenvalue weighted by Crippen LogP contribution is -2.59. The lowest BCUT2D eigenvalue weighted by Gasteiger charge is -2.38. The van der Waals surface area contributed by atoms with Crippen LogP contribution in [0.25, 0.3) is 0 Å². The van der Waals surface area contributed by atoms with Crippen LogP contribution in [0.1, 0.15) is 17.0 Å². The lowest BCUT2D eigenvalue weighted by atomic mass is 10.0. The van der Waals surface area contributed by atoms with Gasteiger partial charge in [-0.2, -0.15) is 0 Å². The van der Waals surface area contributed by atoms with E-state index in [1.165, 1.54) is 6.20 Å². The molecule has 170 valence electrons. The number of alkyl halides is 2. The van der Waals surface area contributed by atoms with Crippen molar-refractivity contribution in [2.24, 2.45) is 4.99 Å². The molecule has 0 spiro atoms. The van der Waals surface area contributed by atoms with Crippen molar-refractivity contribution in [3.05, 3.63) is 71.9 Å². The summed E-state index contributed by atoms with van der Waals surface area (Å²) in [5, 5.41) is 3.14. The van der Waals surface area contributed by atoms with Gasteiger partial charge >= 0.3 is 0 Å². The Balaban J connectivity index is 1.61. The van der Waals surface area contributed by atoms with Gasteiger partial charge in [0.15, 0.2) is 24.0 Å². The number of ether oxygens (including phenoxy) is 1. The molecule has 3 heterocycles. The van der Waals surface area contributed by atoms with Gasteiger partial charge in [-0.3, -0.25) is 14.8 Å². The standard InChI is InChI=1S/C23H22F2N6O2/c1-15-5-3-4-6-17(15)20(26-2)22-28-11-18(21(30-22)29-16-7-9-27-10-8-16)33-12-19(32)31-13-23(24,25)14-31/h3-11H,12-14H2,1-2H3,(H,27,28,29,30). The Morgan fingerprint density at radius 2 is 1.94 bits per heavy atom. The molecule has 1 aliphatic rings. The molecule has 1 aromatic carbocycles. The molecular formula is C23H22F2N6O2. The van der Waals surface area contributed by atoms with Crippen molar-refractivity contribution in [3.8, 4) is 5.75 Å². The van der Waals surface area contributed by atoms with Crippen LogP contribution in [0.5, 0.6) is 5.75 Å². The van der Waals surface area contributed by atoms with Crippen LogP contribution >= 0.6 is 0 Å². The van der Waals surface area contributed by atoms with Crippen molar-refractivity contribution >= 4 is 23.1 Å². The fourth-order valence-corrected chi connectivity index (χ4v) is 3.35. The Morgan fingerprint density at radius 3 is 2.61 bits per heavy atom. The fraction of sp³-hybridized carbons (Fsp3) is 0.261. The average Bonchev–Trinajstić information content (AvgIpc) is 2.79. The number of pyridine rings is 1. The summed E-state index contributed by atoms with van der Waals surface area (Å²) >= 11 is 0. The molecule has 0 unspecified atom stereocenters. The number of rotatable bonds is 7. The smallest absolute Gasteiger partial charge is 0.282 e. The van der Waals surface area contributed by atoms with E-state index in [4.69, 9.17) is 4.74 Å². The minimum absolute atomic E-state index is 0.205. The third-order valence-electron chi connectivity index (χ3n) is 5.08. The van der Waals surface area contributed by atoms with Gasteiger partial charge in [-0.05, 0) is 24.6 Å². The second kappa shape index (κ2) is 9.27. The second-order valence-corrected chi connectivity index (χ2v) is 7.55. The van der Waals surface area contributed by atoms with E-state index in [1.54, 1.807) is 31.6 Å². The summed E-state index contributed by atoms with van der Waals surface area (Å²) in [6, 6.07) is 11.2.